The molecular formula is C12H24O4. The zero-order chi connectivity index (χ0) is 12.4. The molecule has 0 unspecified atom stereocenters. The second kappa shape index (κ2) is 5.00. The number of hydrogen-bond donors (Lipinski definition) is 0. The van der Waals surface area contributed by atoms with Crippen LogP contribution >= 0.6 is 0 Å². The zero-order valence-electron chi connectivity index (χ0n) is 11.2. The van der Waals surface area contributed by atoms with Gasteiger partial charge < -0.3 is 0 Å². The quantitative estimate of drug-likeness (QED) is 0.696. The van der Waals surface area contributed by atoms with Crippen LogP contribution in [0.5, 0.6) is 0 Å². The summed E-state index contributed by atoms with van der Waals surface area (Å²) in [6.07, 6.45) is 1.37. The van der Waals surface area contributed by atoms with Gasteiger partial charge in [-0.1, -0.05) is 41.5 Å². The van der Waals surface area contributed by atoms with E-state index in [4.69, 9.17) is 19.6 Å². The Labute approximate surface area is 98.1 Å². The molecule has 1 heterocycles. The van der Waals surface area contributed by atoms with Crippen LogP contribution in [-0.4, -0.2) is 11.6 Å². The fourth-order valence-corrected chi connectivity index (χ4v) is 1.75. The summed E-state index contributed by atoms with van der Waals surface area (Å²) in [6.45, 7) is 12.0. The van der Waals surface area contributed by atoms with Crippen LogP contribution in [0.3, 0.4) is 0 Å². The molecule has 0 atom stereocenters. The lowest BCUT2D eigenvalue weighted by atomic mass is 9.99. The molecule has 1 fully saturated rings. The van der Waals surface area contributed by atoms with Gasteiger partial charge in [0.1, 0.15) is 0 Å². The largest absolute Gasteiger partial charge is 0.236 e. The normalized spacial score (nSPS) is 36.0. The first-order valence-corrected chi connectivity index (χ1v) is 6.16. The summed E-state index contributed by atoms with van der Waals surface area (Å²) in [5.41, 5.74) is 0. The van der Waals surface area contributed by atoms with Gasteiger partial charge in [-0.25, -0.2) is 0 Å². The van der Waals surface area contributed by atoms with E-state index in [1.54, 1.807) is 0 Å². The van der Waals surface area contributed by atoms with Crippen LogP contribution in [0.4, 0.5) is 0 Å². The Bertz CT molecular complexity index is 193. The van der Waals surface area contributed by atoms with Crippen molar-refractivity contribution < 1.29 is 19.6 Å². The Hall–Kier alpha value is -0.160. The van der Waals surface area contributed by atoms with E-state index in [2.05, 4.69) is 0 Å². The maximum Gasteiger partial charge on any atom is 0.236 e. The van der Waals surface area contributed by atoms with Gasteiger partial charge in [0.25, 0.3) is 0 Å². The van der Waals surface area contributed by atoms with Crippen molar-refractivity contribution in [2.24, 2.45) is 11.8 Å². The molecule has 0 N–H and O–H groups in total. The fraction of sp³-hybridized carbons (Fsp3) is 1.00. The molecule has 16 heavy (non-hydrogen) atoms. The Morgan fingerprint density at radius 1 is 0.688 bits per heavy atom. The minimum atomic E-state index is -0.784. The van der Waals surface area contributed by atoms with Crippen molar-refractivity contribution in [2.45, 2.75) is 66.0 Å². The van der Waals surface area contributed by atoms with Crippen LogP contribution in [0.1, 0.15) is 54.4 Å². The maximum atomic E-state index is 5.50. The Kier molecular flexibility index (Phi) is 4.35. The predicted octanol–water partition coefficient (Wildman–Crippen LogP) is 3.42. The van der Waals surface area contributed by atoms with Gasteiger partial charge in [-0.2, -0.15) is 19.6 Å². The fourth-order valence-electron chi connectivity index (χ4n) is 1.75. The summed E-state index contributed by atoms with van der Waals surface area (Å²) in [6, 6.07) is 0. The molecule has 0 aromatic heterocycles. The third kappa shape index (κ3) is 2.25. The van der Waals surface area contributed by atoms with Crippen molar-refractivity contribution in [3.05, 3.63) is 0 Å². The van der Waals surface area contributed by atoms with Crippen molar-refractivity contribution in [3.63, 3.8) is 0 Å². The van der Waals surface area contributed by atoms with E-state index in [0.29, 0.717) is 12.8 Å². The van der Waals surface area contributed by atoms with Crippen molar-refractivity contribution >= 4 is 0 Å². The van der Waals surface area contributed by atoms with E-state index in [1.165, 1.54) is 0 Å². The van der Waals surface area contributed by atoms with Gasteiger partial charge in [-0.3, -0.25) is 0 Å². The molecule has 0 radical (unpaired) electrons. The molecule has 0 aromatic rings. The van der Waals surface area contributed by atoms with Crippen molar-refractivity contribution in [1.29, 1.82) is 0 Å². The van der Waals surface area contributed by atoms with Crippen LogP contribution in [0.25, 0.3) is 0 Å². The van der Waals surface area contributed by atoms with Crippen molar-refractivity contribution in [3.8, 4) is 0 Å². The first-order valence-electron chi connectivity index (χ1n) is 6.16. The van der Waals surface area contributed by atoms with E-state index in [1.807, 2.05) is 41.5 Å². The molecule has 4 nitrogen and oxygen atoms in total. The highest BCUT2D eigenvalue weighted by Crippen LogP contribution is 2.40. The third-order valence-corrected chi connectivity index (χ3v) is 3.39. The Morgan fingerprint density at radius 2 is 0.938 bits per heavy atom. The highest BCUT2D eigenvalue weighted by molar-refractivity contribution is 4.75. The summed E-state index contributed by atoms with van der Waals surface area (Å²) in [4.78, 5) is 22.0. The second-order valence-electron chi connectivity index (χ2n) is 4.97. The van der Waals surface area contributed by atoms with Crippen LogP contribution < -0.4 is 0 Å². The van der Waals surface area contributed by atoms with E-state index in [9.17, 15) is 0 Å². The summed E-state index contributed by atoms with van der Waals surface area (Å²) in [5, 5.41) is 0. The minimum Gasteiger partial charge on any atom is -0.195 e. The Morgan fingerprint density at radius 3 is 1.06 bits per heavy atom. The summed E-state index contributed by atoms with van der Waals surface area (Å²) in [5.74, 6) is -1.24. The molecular weight excluding hydrogens is 208 g/mol. The topological polar surface area (TPSA) is 36.9 Å². The average Bonchev–Trinajstić information content (AvgIpc) is 2.28. The van der Waals surface area contributed by atoms with Crippen LogP contribution in [0.2, 0.25) is 0 Å². The summed E-state index contributed by atoms with van der Waals surface area (Å²) >= 11 is 0. The van der Waals surface area contributed by atoms with Crippen LogP contribution in [0.15, 0.2) is 0 Å². The molecule has 1 aliphatic rings. The number of rotatable bonds is 4. The van der Waals surface area contributed by atoms with Gasteiger partial charge in [0.2, 0.25) is 11.6 Å². The zero-order valence-corrected chi connectivity index (χ0v) is 11.2. The molecule has 0 aliphatic carbocycles. The summed E-state index contributed by atoms with van der Waals surface area (Å²) in [7, 11) is 0. The van der Waals surface area contributed by atoms with Gasteiger partial charge >= 0.3 is 0 Å². The van der Waals surface area contributed by atoms with Gasteiger partial charge in [-0.05, 0) is 0 Å². The summed E-state index contributed by atoms with van der Waals surface area (Å²) < 4.78 is 0. The van der Waals surface area contributed by atoms with Crippen LogP contribution in [-0.2, 0) is 19.6 Å². The standard InChI is InChI=1S/C12H24O4/c1-7-11(9(3)4)13-15-12(8-2,10(5)6)16-14-11/h9-10H,7-8H2,1-6H3. The molecule has 96 valence electrons. The molecule has 0 saturated carbocycles. The second-order valence-corrected chi connectivity index (χ2v) is 4.97. The van der Waals surface area contributed by atoms with E-state index in [0.717, 1.165) is 0 Å². The highest BCUT2D eigenvalue weighted by Gasteiger charge is 2.50. The number of hydrogen-bond acceptors (Lipinski definition) is 4. The molecule has 1 rings (SSSR count). The smallest absolute Gasteiger partial charge is 0.195 e. The van der Waals surface area contributed by atoms with Gasteiger partial charge in [0.05, 0.1) is 0 Å². The first kappa shape index (κ1) is 13.9. The molecule has 1 aliphatic heterocycles. The SMILES string of the molecule is CCC1(C(C)C)OOC(CC)(C(C)C)OO1. The predicted molar refractivity (Wildman–Crippen MR) is 60.1 cm³/mol. The average molecular weight is 232 g/mol. The minimum absolute atomic E-state index is 0.166. The lowest BCUT2D eigenvalue weighted by Crippen LogP contribution is -2.54. The molecule has 4 heteroatoms. The van der Waals surface area contributed by atoms with Crippen molar-refractivity contribution in [2.75, 3.05) is 0 Å². The first-order chi connectivity index (χ1) is 7.42. The van der Waals surface area contributed by atoms with Gasteiger partial charge in [-0.15, -0.1) is 0 Å². The van der Waals surface area contributed by atoms with E-state index >= 15 is 0 Å². The van der Waals surface area contributed by atoms with Crippen molar-refractivity contribution in [1.82, 2.24) is 0 Å². The molecule has 0 spiro atoms. The van der Waals surface area contributed by atoms with Gasteiger partial charge in [0, 0.05) is 24.7 Å². The molecule has 0 bridgehead atoms. The lowest BCUT2D eigenvalue weighted by Gasteiger charge is -2.45. The van der Waals surface area contributed by atoms with Crippen LogP contribution in [0, 0.1) is 11.8 Å². The molecule has 0 aromatic carbocycles. The Balaban J connectivity index is 2.75. The van der Waals surface area contributed by atoms with E-state index < -0.39 is 11.6 Å². The lowest BCUT2D eigenvalue weighted by molar-refractivity contribution is -0.669. The maximum absolute atomic E-state index is 5.50. The third-order valence-electron chi connectivity index (χ3n) is 3.39. The monoisotopic (exact) mass is 232 g/mol. The molecule has 0 amide bonds. The van der Waals surface area contributed by atoms with E-state index in [-0.39, 0.29) is 11.8 Å². The molecule has 1 saturated heterocycles. The van der Waals surface area contributed by atoms with Gasteiger partial charge in [0.15, 0.2) is 0 Å². The highest BCUT2D eigenvalue weighted by atomic mass is 17.4.